The molecule has 8 heteroatoms. The van der Waals surface area contributed by atoms with E-state index < -0.39 is 11.6 Å². The maximum Gasteiger partial charge on any atom is 0.340 e. The molecule has 3 aromatic heterocycles. The Labute approximate surface area is 213 Å². The maximum atomic E-state index is 13.2. The summed E-state index contributed by atoms with van der Waals surface area (Å²) in [5, 5.41) is 8.43. The molecule has 0 spiro atoms. The van der Waals surface area contributed by atoms with Gasteiger partial charge >= 0.3 is 5.97 Å². The van der Waals surface area contributed by atoms with Gasteiger partial charge in [0.1, 0.15) is 16.9 Å². The minimum absolute atomic E-state index is 0.157. The Morgan fingerprint density at radius 1 is 1.11 bits per heavy atom. The number of imidazole rings is 1. The van der Waals surface area contributed by atoms with E-state index in [0.717, 1.165) is 11.1 Å². The number of hydrogen-bond acceptors (Lipinski definition) is 7. The Kier molecular flexibility index (Phi) is 6.03. The molecule has 5 rings (SSSR count). The zero-order valence-electron chi connectivity index (χ0n) is 21.4. The summed E-state index contributed by atoms with van der Waals surface area (Å²) in [5.74, 6) is -0.0498. The number of carbonyl (C=O) groups excluding carboxylic acids is 1. The summed E-state index contributed by atoms with van der Waals surface area (Å²) in [6, 6.07) is 15.8. The Balaban J connectivity index is 1.57. The Morgan fingerprint density at radius 3 is 2.68 bits per heavy atom. The van der Waals surface area contributed by atoms with Crippen molar-refractivity contribution in [3.63, 3.8) is 0 Å². The van der Waals surface area contributed by atoms with E-state index >= 15 is 0 Å². The van der Waals surface area contributed by atoms with E-state index in [1.54, 1.807) is 35.1 Å². The topological polar surface area (TPSA) is 98.7 Å². The van der Waals surface area contributed by atoms with Crippen molar-refractivity contribution >= 4 is 28.3 Å². The minimum atomic E-state index is -0.615. The minimum Gasteiger partial charge on any atom is -0.456 e. The van der Waals surface area contributed by atoms with Gasteiger partial charge in [-0.15, -0.1) is 0 Å². The van der Waals surface area contributed by atoms with Crippen molar-refractivity contribution < 1.29 is 13.9 Å². The number of anilines is 1. The molecule has 0 saturated heterocycles. The van der Waals surface area contributed by atoms with Gasteiger partial charge in [-0.3, -0.25) is 4.79 Å². The highest BCUT2D eigenvalue weighted by atomic mass is 16.6. The summed E-state index contributed by atoms with van der Waals surface area (Å²) in [4.78, 5) is 30.2. The van der Waals surface area contributed by atoms with Crippen LogP contribution in [0, 0.1) is 6.92 Å². The van der Waals surface area contributed by atoms with E-state index in [-0.39, 0.29) is 11.5 Å². The van der Waals surface area contributed by atoms with Crippen LogP contribution in [0.1, 0.15) is 55.2 Å². The summed E-state index contributed by atoms with van der Waals surface area (Å²) in [6.45, 7) is 9.40. The zero-order valence-corrected chi connectivity index (χ0v) is 21.4. The van der Waals surface area contributed by atoms with Crippen molar-refractivity contribution in [2.24, 2.45) is 0 Å². The first kappa shape index (κ1) is 24.2. The number of carbonyl (C=O) groups is 1. The van der Waals surface area contributed by atoms with Gasteiger partial charge in [0.05, 0.1) is 17.0 Å². The number of nitrogens with zero attached hydrogens (tertiary/aromatic N) is 3. The van der Waals surface area contributed by atoms with Gasteiger partial charge in [0.2, 0.25) is 0 Å². The van der Waals surface area contributed by atoms with Crippen LogP contribution in [0.3, 0.4) is 0 Å². The van der Waals surface area contributed by atoms with E-state index in [4.69, 9.17) is 9.15 Å². The number of rotatable bonds is 5. The van der Waals surface area contributed by atoms with Crippen molar-refractivity contribution in [1.82, 2.24) is 14.6 Å². The summed E-state index contributed by atoms with van der Waals surface area (Å²) >= 11 is 0. The number of nitrogens with one attached hydrogen (secondary N) is 1. The molecule has 1 atom stereocenters. The predicted molar refractivity (Wildman–Crippen MR) is 143 cm³/mol. The quantitative estimate of drug-likeness (QED) is 0.301. The van der Waals surface area contributed by atoms with Crippen molar-refractivity contribution in [1.29, 1.82) is 0 Å². The number of benzene rings is 2. The number of esters is 1. The molecule has 5 aromatic rings. The first-order valence-corrected chi connectivity index (χ1v) is 12.1. The number of para-hydroxylation sites is 1. The van der Waals surface area contributed by atoms with Crippen molar-refractivity contribution in [3.8, 4) is 11.5 Å². The summed E-state index contributed by atoms with van der Waals surface area (Å²) in [6.07, 6.45) is 3.40. The Hall–Kier alpha value is -4.46. The molecule has 0 fully saturated rings. The molecular formula is C29H28N4O4. The lowest BCUT2D eigenvalue weighted by molar-refractivity contribution is 0.00706. The lowest BCUT2D eigenvalue weighted by Crippen LogP contribution is -2.24. The van der Waals surface area contributed by atoms with Crippen LogP contribution in [0.15, 0.2) is 76.2 Å². The summed E-state index contributed by atoms with van der Waals surface area (Å²) in [7, 11) is 0. The third-order valence-electron chi connectivity index (χ3n) is 5.89. The standard InChI is InChI=1S/C29H28N4O4/c1-17-14-20(18(2)31-22-9-7-6-8-19(22)28(35)37-29(3,4)5)27-21(15-17)24(34)16-25(36-27)23-10-11-26-30-12-13-33(26)32-23/h6-16,18,31H,1-5H3. The molecule has 0 saturated carbocycles. The molecule has 3 heterocycles. The smallest absolute Gasteiger partial charge is 0.340 e. The lowest BCUT2D eigenvalue weighted by Gasteiger charge is -2.22. The van der Waals surface area contributed by atoms with E-state index in [1.807, 2.05) is 65.0 Å². The van der Waals surface area contributed by atoms with Crippen molar-refractivity contribution in [2.45, 2.75) is 46.3 Å². The average Bonchev–Trinajstić information content (AvgIpc) is 3.31. The van der Waals surface area contributed by atoms with Crippen LogP contribution in [0.5, 0.6) is 0 Å². The van der Waals surface area contributed by atoms with Gasteiger partial charge in [-0.2, -0.15) is 5.10 Å². The third-order valence-corrected chi connectivity index (χ3v) is 5.89. The van der Waals surface area contributed by atoms with Gasteiger partial charge in [-0.05, 0) is 70.5 Å². The van der Waals surface area contributed by atoms with Crippen LogP contribution >= 0.6 is 0 Å². The van der Waals surface area contributed by atoms with Gasteiger partial charge in [0.15, 0.2) is 16.8 Å². The molecule has 1 unspecified atom stereocenters. The van der Waals surface area contributed by atoms with Gasteiger partial charge in [0, 0.05) is 29.7 Å². The number of aryl methyl sites for hydroxylation is 1. The molecule has 0 radical (unpaired) electrons. The van der Waals surface area contributed by atoms with E-state index in [0.29, 0.717) is 39.3 Å². The summed E-state index contributed by atoms with van der Waals surface area (Å²) < 4.78 is 13.5. The van der Waals surface area contributed by atoms with Crippen LogP contribution in [0.25, 0.3) is 28.1 Å². The second-order valence-electron chi connectivity index (χ2n) is 10.1. The van der Waals surface area contributed by atoms with Gasteiger partial charge in [-0.1, -0.05) is 18.2 Å². The first-order chi connectivity index (χ1) is 17.6. The third kappa shape index (κ3) is 4.95. The highest BCUT2D eigenvalue weighted by Crippen LogP contribution is 2.31. The monoisotopic (exact) mass is 496 g/mol. The Bertz CT molecular complexity index is 1690. The number of fused-ring (bicyclic) bond motifs is 2. The molecule has 8 nitrogen and oxygen atoms in total. The van der Waals surface area contributed by atoms with Crippen LogP contribution in [-0.2, 0) is 4.74 Å². The van der Waals surface area contributed by atoms with Crippen molar-refractivity contribution in [2.75, 3.05) is 5.32 Å². The largest absolute Gasteiger partial charge is 0.456 e. The Morgan fingerprint density at radius 2 is 1.89 bits per heavy atom. The molecule has 37 heavy (non-hydrogen) atoms. The van der Waals surface area contributed by atoms with Gasteiger partial charge in [0.25, 0.3) is 0 Å². The van der Waals surface area contributed by atoms with Crippen LogP contribution in [0.2, 0.25) is 0 Å². The zero-order chi connectivity index (χ0) is 26.3. The van der Waals surface area contributed by atoms with Gasteiger partial charge < -0.3 is 14.5 Å². The van der Waals surface area contributed by atoms with Crippen LogP contribution in [-0.4, -0.2) is 26.2 Å². The fourth-order valence-corrected chi connectivity index (χ4v) is 4.26. The molecule has 0 aliphatic carbocycles. The van der Waals surface area contributed by atoms with E-state index in [1.165, 1.54) is 6.07 Å². The fourth-order valence-electron chi connectivity index (χ4n) is 4.26. The molecule has 0 aliphatic rings. The van der Waals surface area contributed by atoms with Crippen LogP contribution < -0.4 is 10.7 Å². The molecule has 0 aliphatic heterocycles. The fraction of sp³-hybridized carbons (Fsp3) is 0.241. The highest BCUT2D eigenvalue weighted by molar-refractivity contribution is 5.96. The molecule has 1 N–H and O–H groups in total. The molecule has 2 aromatic carbocycles. The maximum absolute atomic E-state index is 13.2. The second kappa shape index (κ2) is 9.20. The summed E-state index contributed by atoms with van der Waals surface area (Å²) in [5.41, 5.74) is 3.69. The van der Waals surface area contributed by atoms with Gasteiger partial charge in [-0.25, -0.2) is 14.3 Å². The first-order valence-electron chi connectivity index (χ1n) is 12.1. The molecular weight excluding hydrogens is 468 g/mol. The van der Waals surface area contributed by atoms with E-state index in [2.05, 4.69) is 15.4 Å². The van der Waals surface area contributed by atoms with Crippen LogP contribution in [0.4, 0.5) is 5.69 Å². The van der Waals surface area contributed by atoms with Crippen molar-refractivity contribution in [3.05, 3.63) is 93.9 Å². The SMILES string of the molecule is Cc1cc(C(C)Nc2ccccc2C(=O)OC(C)(C)C)c2oc(-c3ccc4nccn4n3)cc(=O)c2c1. The number of hydrogen-bond donors (Lipinski definition) is 1. The normalized spacial score (nSPS) is 12.6. The van der Waals surface area contributed by atoms with E-state index in [9.17, 15) is 9.59 Å². The predicted octanol–water partition coefficient (Wildman–Crippen LogP) is 5.94. The average molecular weight is 497 g/mol. The lowest BCUT2D eigenvalue weighted by atomic mass is 10.0. The highest BCUT2D eigenvalue weighted by Gasteiger charge is 2.22. The number of aromatic nitrogens is 3. The molecule has 0 amide bonds. The molecule has 0 bridgehead atoms. The number of ether oxygens (including phenoxy) is 1. The molecule has 188 valence electrons. The second-order valence-corrected chi connectivity index (χ2v) is 10.1.